The maximum atomic E-state index is 10.7. The number of rotatable bonds is 4. The molecule has 0 amide bonds. The van der Waals surface area contributed by atoms with Crippen molar-refractivity contribution < 1.29 is 44.8 Å². The third kappa shape index (κ3) is 4.69. The summed E-state index contributed by atoms with van der Waals surface area (Å²) in [5.41, 5.74) is 0. The van der Waals surface area contributed by atoms with Crippen molar-refractivity contribution in [1.29, 1.82) is 0 Å². The van der Waals surface area contributed by atoms with E-state index in [9.17, 15) is 30.6 Å². The van der Waals surface area contributed by atoms with E-state index in [4.69, 9.17) is 14.2 Å². The zero-order valence-electron chi connectivity index (χ0n) is 17.2. The molecule has 9 heteroatoms. The van der Waals surface area contributed by atoms with Crippen LogP contribution in [-0.2, 0) is 9.47 Å². The molecule has 2 heterocycles. The Morgan fingerprint density at radius 2 is 1.53 bits per heavy atom. The monoisotopic (exact) mass is 433 g/mol. The summed E-state index contributed by atoms with van der Waals surface area (Å²) in [6.07, 6.45) is -0.964. The first kappa shape index (κ1) is 22.8. The molecule has 4 aliphatic rings. The second-order valence-electron chi connectivity index (χ2n) is 9.59. The van der Waals surface area contributed by atoms with E-state index in [-0.39, 0.29) is 24.2 Å². The molecule has 9 nitrogen and oxygen atoms in total. The van der Waals surface area contributed by atoms with Gasteiger partial charge in [0.05, 0.1) is 30.8 Å². The van der Waals surface area contributed by atoms with Crippen LogP contribution >= 0.6 is 0 Å². The molecular weight excluding hydrogens is 396 g/mol. The van der Waals surface area contributed by atoms with Gasteiger partial charge in [0.25, 0.3) is 0 Å². The molecule has 174 valence electrons. The Hall–Kier alpha value is -0.360. The van der Waals surface area contributed by atoms with Gasteiger partial charge in [-0.05, 0) is 32.1 Å². The van der Waals surface area contributed by atoms with Gasteiger partial charge in [0.1, 0.15) is 24.4 Å². The highest BCUT2D eigenvalue weighted by Crippen LogP contribution is 2.41. The largest absolute Gasteiger partial charge is 0.429 e. The average molecular weight is 434 g/mol. The SMILES string of the molecule is OC[C@H]1O[C@@H](OC2CC(O)C3CCC(C4CCC(O)CC4)[OH+]C3C2)[C@@H](O)[C@H](O)[C@@H]1O. The second-order valence-corrected chi connectivity index (χ2v) is 9.59. The summed E-state index contributed by atoms with van der Waals surface area (Å²) in [7, 11) is 0. The van der Waals surface area contributed by atoms with Crippen LogP contribution in [0.4, 0.5) is 0 Å². The molecule has 2 aliphatic heterocycles. The number of ether oxygens (including phenoxy) is 3. The Balaban J connectivity index is 1.36. The van der Waals surface area contributed by atoms with Crippen molar-refractivity contribution >= 4 is 0 Å². The Labute approximate surface area is 176 Å². The van der Waals surface area contributed by atoms with Gasteiger partial charge in [-0.25, -0.2) is 0 Å². The first-order valence-corrected chi connectivity index (χ1v) is 11.4. The van der Waals surface area contributed by atoms with Crippen LogP contribution in [0.2, 0.25) is 0 Å². The van der Waals surface area contributed by atoms with Crippen LogP contribution in [0.5, 0.6) is 0 Å². The van der Waals surface area contributed by atoms with Crippen LogP contribution in [-0.4, -0.2) is 103 Å². The summed E-state index contributed by atoms with van der Waals surface area (Å²) in [5, 5.41) is 59.9. The lowest BCUT2D eigenvalue weighted by Crippen LogP contribution is -2.60. The van der Waals surface area contributed by atoms with Gasteiger partial charge in [-0.1, -0.05) is 0 Å². The quantitative estimate of drug-likeness (QED) is 0.295. The third-order valence-electron chi connectivity index (χ3n) is 7.64. The van der Waals surface area contributed by atoms with E-state index >= 15 is 0 Å². The second kappa shape index (κ2) is 9.64. The zero-order valence-corrected chi connectivity index (χ0v) is 17.2. The summed E-state index contributed by atoms with van der Waals surface area (Å²) >= 11 is 0. The maximum Gasteiger partial charge on any atom is 0.186 e. The molecule has 2 saturated carbocycles. The van der Waals surface area contributed by atoms with Crippen molar-refractivity contribution in [3.05, 3.63) is 0 Å². The van der Waals surface area contributed by atoms with Gasteiger partial charge in [0.2, 0.25) is 0 Å². The van der Waals surface area contributed by atoms with Gasteiger partial charge in [-0.3, -0.25) is 0 Å². The molecule has 4 fully saturated rings. The van der Waals surface area contributed by atoms with Gasteiger partial charge >= 0.3 is 0 Å². The fraction of sp³-hybridized carbons (Fsp3) is 1.00. The van der Waals surface area contributed by atoms with Gasteiger partial charge in [0.15, 0.2) is 18.5 Å². The standard InChI is InChI=1S/C21H36O9/c22-9-17-18(25)19(26)20(27)21(30-17)28-12-7-14(24)13-5-6-15(29-16(13)8-12)10-1-3-11(23)4-2-10/h10-27H,1-9H2/p+1/t10?,11?,12?,13?,14?,15?,16?,17-,18-,19-,20+,21-/m1/s1. The Bertz CT molecular complexity index is 553. The topological polar surface area (TPSA) is 153 Å². The molecule has 0 aromatic rings. The van der Waals surface area contributed by atoms with Crippen LogP contribution in [0.1, 0.15) is 51.4 Å². The van der Waals surface area contributed by atoms with E-state index in [1.807, 2.05) is 0 Å². The van der Waals surface area contributed by atoms with Crippen LogP contribution in [0.25, 0.3) is 0 Å². The fourth-order valence-electron chi connectivity index (χ4n) is 5.81. The van der Waals surface area contributed by atoms with Crippen LogP contribution in [0, 0.1) is 11.8 Å². The molecule has 0 bridgehead atoms. The van der Waals surface area contributed by atoms with Crippen molar-refractivity contribution in [2.75, 3.05) is 6.61 Å². The zero-order chi connectivity index (χ0) is 21.4. The highest BCUT2D eigenvalue weighted by molar-refractivity contribution is 4.94. The molecule has 0 radical (unpaired) electrons. The molecular formula is C21H37O9+. The van der Waals surface area contributed by atoms with Gasteiger partial charge in [-0.2, -0.15) is 0 Å². The molecule has 0 spiro atoms. The highest BCUT2D eigenvalue weighted by Gasteiger charge is 2.50. The van der Waals surface area contributed by atoms with E-state index < -0.39 is 49.5 Å². The third-order valence-corrected chi connectivity index (χ3v) is 7.64. The minimum absolute atomic E-state index is 0.0331. The molecule has 2 aliphatic carbocycles. The van der Waals surface area contributed by atoms with Gasteiger partial charge in [0, 0.05) is 25.2 Å². The summed E-state index contributed by atoms with van der Waals surface area (Å²) in [6, 6.07) is 0. The summed E-state index contributed by atoms with van der Waals surface area (Å²) < 4.78 is 16.4. The first-order valence-electron chi connectivity index (χ1n) is 11.4. The molecule has 0 aromatic heterocycles. The van der Waals surface area contributed by atoms with E-state index in [2.05, 4.69) is 0 Å². The van der Waals surface area contributed by atoms with E-state index in [1.165, 1.54) is 0 Å². The number of hydrogen-bond donors (Lipinski definition) is 6. The molecule has 5 unspecified atom stereocenters. The first-order chi connectivity index (χ1) is 14.4. The Morgan fingerprint density at radius 1 is 0.800 bits per heavy atom. The smallest absolute Gasteiger partial charge is 0.186 e. The van der Waals surface area contributed by atoms with E-state index in [0.29, 0.717) is 18.8 Å². The van der Waals surface area contributed by atoms with Gasteiger partial charge in [-0.15, -0.1) is 0 Å². The minimum atomic E-state index is -1.48. The molecule has 10 atom stereocenters. The molecule has 7 N–H and O–H groups in total. The van der Waals surface area contributed by atoms with E-state index in [1.54, 1.807) is 0 Å². The van der Waals surface area contributed by atoms with Crippen LogP contribution in [0.15, 0.2) is 0 Å². The van der Waals surface area contributed by atoms with Gasteiger partial charge < -0.3 is 44.8 Å². The predicted octanol–water partition coefficient (Wildman–Crippen LogP) is -1.45. The highest BCUT2D eigenvalue weighted by atomic mass is 16.7. The van der Waals surface area contributed by atoms with Crippen molar-refractivity contribution in [2.45, 2.75) is 113 Å². The van der Waals surface area contributed by atoms with Crippen LogP contribution < -0.4 is 0 Å². The average Bonchev–Trinajstić information content (AvgIpc) is 2.74. The summed E-state index contributed by atoms with van der Waals surface area (Å²) in [6.45, 7) is -0.504. The molecule has 2 saturated heterocycles. The van der Waals surface area contributed by atoms with Crippen molar-refractivity contribution in [1.82, 2.24) is 0 Å². The lowest BCUT2D eigenvalue weighted by molar-refractivity contribution is -0.326. The number of fused-ring (bicyclic) bond motifs is 1. The fourth-order valence-corrected chi connectivity index (χ4v) is 5.81. The minimum Gasteiger partial charge on any atom is -0.429 e. The molecule has 4 rings (SSSR count). The number of aliphatic hydroxyl groups is 8. The summed E-state index contributed by atoms with van der Waals surface area (Å²) in [5.74, 6) is 0.586. The number of aliphatic hydroxyl groups excluding tert-OH is 6. The van der Waals surface area contributed by atoms with Crippen molar-refractivity contribution in [3.63, 3.8) is 0 Å². The predicted molar refractivity (Wildman–Crippen MR) is 104 cm³/mol. The number of hydrogen-bond acceptors (Lipinski definition) is 8. The molecule has 30 heavy (non-hydrogen) atoms. The van der Waals surface area contributed by atoms with E-state index in [0.717, 1.165) is 38.5 Å². The van der Waals surface area contributed by atoms with Crippen molar-refractivity contribution in [3.8, 4) is 0 Å². The Morgan fingerprint density at radius 3 is 2.23 bits per heavy atom. The molecule has 0 aromatic carbocycles. The lowest BCUT2D eigenvalue weighted by Gasteiger charge is -2.45. The summed E-state index contributed by atoms with van der Waals surface area (Å²) in [4.78, 5) is 0. The lowest BCUT2D eigenvalue weighted by atomic mass is 9.74. The normalized spacial score (nSPS) is 52.6. The van der Waals surface area contributed by atoms with Crippen molar-refractivity contribution in [2.24, 2.45) is 11.8 Å². The maximum absolute atomic E-state index is 10.7. The van der Waals surface area contributed by atoms with Crippen LogP contribution in [0.3, 0.4) is 0 Å². The Kier molecular flexibility index (Phi) is 7.33.